The van der Waals surface area contributed by atoms with Crippen molar-refractivity contribution in [2.45, 2.75) is 58.5 Å². The van der Waals surface area contributed by atoms with E-state index in [9.17, 15) is 0 Å². The fourth-order valence-electron chi connectivity index (χ4n) is 1.73. The first-order valence-electron chi connectivity index (χ1n) is 6.13. The molecule has 0 aromatic carbocycles. The minimum absolute atomic E-state index is 0.399. The molecule has 0 radical (unpaired) electrons. The summed E-state index contributed by atoms with van der Waals surface area (Å²) < 4.78 is 0. The summed E-state index contributed by atoms with van der Waals surface area (Å²) in [6, 6.07) is 1.08. The van der Waals surface area contributed by atoms with Gasteiger partial charge in [-0.3, -0.25) is 0 Å². The molecule has 1 rings (SSSR count). The summed E-state index contributed by atoms with van der Waals surface area (Å²) in [7, 11) is 0. The number of hydrogen-bond donors (Lipinski definition) is 1. The Balaban J connectivity index is 2.19. The largest absolute Gasteiger partial charge is 0.328 e. The average Bonchev–Trinajstić information content (AvgIpc) is 2.94. The van der Waals surface area contributed by atoms with E-state index in [1.54, 1.807) is 0 Å². The van der Waals surface area contributed by atoms with Gasteiger partial charge in [-0.15, -0.1) is 0 Å². The highest BCUT2D eigenvalue weighted by molar-refractivity contribution is 4.79. The SMILES string of the molecule is CCC(N)CCN(CC1CC1)C(C)C. The second-order valence-electron chi connectivity index (χ2n) is 4.99. The summed E-state index contributed by atoms with van der Waals surface area (Å²) in [5, 5.41) is 0. The lowest BCUT2D eigenvalue weighted by molar-refractivity contribution is 0.204. The molecule has 0 saturated heterocycles. The normalized spacial score (nSPS) is 19.3. The number of rotatable bonds is 7. The molecule has 1 saturated carbocycles. The van der Waals surface area contributed by atoms with Crippen molar-refractivity contribution in [1.29, 1.82) is 0 Å². The minimum Gasteiger partial charge on any atom is -0.328 e. The van der Waals surface area contributed by atoms with Crippen LogP contribution in [0.25, 0.3) is 0 Å². The lowest BCUT2D eigenvalue weighted by atomic mass is 10.1. The number of nitrogens with two attached hydrogens (primary N) is 1. The Bertz CT molecular complexity index is 152. The van der Waals surface area contributed by atoms with Gasteiger partial charge in [0.25, 0.3) is 0 Å². The molecule has 1 aliphatic carbocycles. The first-order valence-corrected chi connectivity index (χ1v) is 6.13. The lowest BCUT2D eigenvalue weighted by Crippen LogP contribution is -2.36. The predicted octanol–water partition coefficient (Wildman–Crippen LogP) is 2.23. The van der Waals surface area contributed by atoms with Crippen molar-refractivity contribution in [2.75, 3.05) is 13.1 Å². The van der Waals surface area contributed by atoms with Gasteiger partial charge in [-0.05, 0) is 52.0 Å². The van der Waals surface area contributed by atoms with E-state index >= 15 is 0 Å². The number of nitrogens with zero attached hydrogens (tertiary/aromatic N) is 1. The van der Waals surface area contributed by atoms with Crippen molar-refractivity contribution in [2.24, 2.45) is 11.7 Å². The Morgan fingerprint density at radius 1 is 1.36 bits per heavy atom. The first-order chi connectivity index (χ1) is 6.63. The van der Waals surface area contributed by atoms with E-state index in [2.05, 4.69) is 25.7 Å². The Hall–Kier alpha value is -0.0800. The van der Waals surface area contributed by atoms with Crippen LogP contribution in [0.2, 0.25) is 0 Å². The van der Waals surface area contributed by atoms with Crippen molar-refractivity contribution >= 4 is 0 Å². The van der Waals surface area contributed by atoms with E-state index in [-0.39, 0.29) is 0 Å². The van der Waals surface area contributed by atoms with Gasteiger partial charge in [0.15, 0.2) is 0 Å². The van der Waals surface area contributed by atoms with Crippen molar-refractivity contribution in [3.05, 3.63) is 0 Å². The zero-order valence-electron chi connectivity index (χ0n) is 10.00. The van der Waals surface area contributed by atoms with Gasteiger partial charge in [0.05, 0.1) is 0 Å². The Morgan fingerprint density at radius 2 is 2.00 bits per heavy atom. The lowest BCUT2D eigenvalue weighted by Gasteiger charge is -2.27. The van der Waals surface area contributed by atoms with Gasteiger partial charge in [0.1, 0.15) is 0 Å². The fourth-order valence-corrected chi connectivity index (χ4v) is 1.73. The van der Waals surface area contributed by atoms with Crippen LogP contribution in [0.5, 0.6) is 0 Å². The molecule has 2 N–H and O–H groups in total. The molecule has 1 fully saturated rings. The molecular formula is C12H26N2. The third-order valence-corrected chi connectivity index (χ3v) is 3.23. The van der Waals surface area contributed by atoms with Crippen molar-refractivity contribution < 1.29 is 0 Å². The highest BCUT2D eigenvalue weighted by Gasteiger charge is 2.25. The molecule has 0 heterocycles. The van der Waals surface area contributed by atoms with Crippen LogP contribution in [0.15, 0.2) is 0 Å². The molecule has 0 spiro atoms. The molecule has 0 aromatic heterocycles. The van der Waals surface area contributed by atoms with Crippen LogP contribution in [-0.2, 0) is 0 Å². The first kappa shape index (κ1) is 12.0. The third-order valence-electron chi connectivity index (χ3n) is 3.23. The topological polar surface area (TPSA) is 29.3 Å². The Morgan fingerprint density at radius 3 is 2.43 bits per heavy atom. The maximum atomic E-state index is 5.94. The molecule has 0 aromatic rings. The zero-order valence-corrected chi connectivity index (χ0v) is 10.00. The third kappa shape index (κ3) is 4.43. The fraction of sp³-hybridized carbons (Fsp3) is 1.00. The van der Waals surface area contributed by atoms with E-state index in [4.69, 9.17) is 5.73 Å². The molecule has 1 unspecified atom stereocenters. The second-order valence-corrected chi connectivity index (χ2v) is 4.99. The van der Waals surface area contributed by atoms with Crippen LogP contribution in [0.4, 0.5) is 0 Å². The average molecular weight is 198 g/mol. The smallest absolute Gasteiger partial charge is 0.00483 e. The highest BCUT2D eigenvalue weighted by atomic mass is 15.1. The standard InChI is InChI=1S/C12H26N2/c1-4-12(13)7-8-14(10(2)3)9-11-5-6-11/h10-12H,4-9,13H2,1-3H3. The molecule has 1 atom stereocenters. The van der Waals surface area contributed by atoms with Crippen LogP contribution >= 0.6 is 0 Å². The van der Waals surface area contributed by atoms with Gasteiger partial charge >= 0.3 is 0 Å². The Labute approximate surface area is 88.8 Å². The summed E-state index contributed by atoms with van der Waals surface area (Å²) in [5.41, 5.74) is 5.94. The summed E-state index contributed by atoms with van der Waals surface area (Å²) in [5.74, 6) is 0.996. The molecular weight excluding hydrogens is 172 g/mol. The second kappa shape index (κ2) is 5.72. The molecule has 0 bridgehead atoms. The van der Waals surface area contributed by atoms with E-state index in [0.29, 0.717) is 12.1 Å². The van der Waals surface area contributed by atoms with Crippen molar-refractivity contribution in [1.82, 2.24) is 4.90 Å². The minimum atomic E-state index is 0.399. The zero-order chi connectivity index (χ0) is 10.6. The monoisotopic (exact) mass is 198 g/mol. The maximum absolute atomic E-state index is 5.94. The molecule has 14 heavy (non-hydrogen) atoms. The van der Waals surface area contributed by atoms with Crippen LogP contribution in [0, 0.1) is 5.92 Å². The molecule has 0 aliphatic heterocycles. The highest BCUT2D eigenvalue weighted by Crippen LogP contribution is 2.30. The quantitative estimate of drug-likeness (QED) is 0.680. The van der Waals surface area contributed by atoms with Gasteiger partial charge in [-0.2, -0.15) is 0 Å². The summed E-state index contributed by atoms with van der Waals surface area (Å²) in [6.07, 6.45) is 5.16. The van der Waals surface area contributed by atoms with Gasteiger partial charge < -0.3 is 10.6 Å². The molecule has 1 aliphatic rings. The van der Waals surface area contributed by atoms with Gasteiger partial charge in [-0.25, -0.2) is 0 Å². The maximum Gasteiger partial charge on any atom is 0.00483 e. The predicted molar refractivity (Wildman–Crippen MR) is 62.3 cm³/mol. The summed E-state index contributed by atoms with van der Waals surface area (Å²) in [6.45, 7) is 9.24. The summed E-state index contributed by atoms with van der Waals surface area (Å²) in [4.78, 5) is 2.59. The van der Waals surface area contributed by atoms with Crippen molar-refractivity contribution in [3.8, 4) is 0 Å². The van der Waals surface area contributed by atoms with E-state index < -0.39 is 0 Å². The van der Waals surface area contributed by atoms with Crippen LogP contribution < -0.4 is 5.73 Å². The van der Waals surface area contributed by atoms with Crippen molar-refractivity contribution in [3.63, 3.8) is 0 Å². The van der Waals surface area contributed by atoms with E-state index in [1.807, 2.05) is 0 Å². The molecule has 2 nitrogen and oxygen atoms in total. The van der Waals surface area contributed by atoms with Crippen LogP contribution in [0.3, 0.4) is 0 Å². The van der Waals surface area contributed by atoms with E-state index in [1.165, 1.54) is 25.9 Å². The van der Waals surface area contributed by atoms with Crippen LogP contribution in [0.1, 0.15) is 46.5 Å². The van der Waals surface area contributed by atoms with Gasteiger partial charge in [0.2, 0.25) is 0 Å². The molecule has 0 amide bonds. The van der Waals surface area contributed by atoms with E-state index in [0.717, 1.165) is 18.8 Å². The van der Waals surface area contributed by atoms with Gasteiger partial charge in [0, 0.05) is 18.6 Å². The molecule has 2 heteroatoms. The molecule has 84 valence electrons. The summed E-state index contributed by atoms with van der Waals surface area (Å²) >= 11 is 0. The Kier molecular flexibility index (Phi) is 4.90. The van der Waals surface area contributed by atoms with Crippen LogP contribution in [-0.4, -0.2) is 30.1 Å². The van der Waals surface area contributed by atoms with Gasteiger partial charge in [-0.1, -0.05) is 6.92 Å². The number of hydrogen-bond acceptors (Lipinski definition) is 2.